The van der Waals surface area contributed by atoms with Gasteiger partial charge in [-0.05, 0) is 55.2 Å². The van der Waals surface area contributed by atoms with Crippen molar-refractivity contribution in [2.75, 3.05) is 5.32 Å². The molecule has 1 aliphatic rings. The van der Waals surface area contributed by atoms with Crippen LogP contribution in [0.15, 0.2) is 36.7 Å². The van der Waals surface area contributed by atoms with Gasteiger partial charge in [-0.2, -0.15) is 0 Å². The van der Waals surface area contributed by atoms with Crippen LogP contribution in [-0.4, -0.2) is 15.5 Å². The number of alkyl halides is 2. The number of fused-ring (bicyclic) bond motifs is 1. The summed E-state index contributed by atoms with van der Waals surface area (Å²) >= 11 is 0. The molecule has 2 aromatic heterocycles. The summed E-state index contributed by atoms with van der Waals surface area (Å²) in [6.45, 7) is 4.28. The topological polar surface area (TPSA) is 29.9 Å². The number of halogens is 3. The summed E-state index contributed by atoms with van der Waals surface area (Å²) in [4.78, 5) is 4.42. The zero-order chi connectivity index (χ0) is 18.5. The fourth-order valence-corrected chi connectivity index (χ4v) is 3.80. The van der Waals surface area contributed by atoms with Crippen LogP contribution in [0.2, 0.25) is 0 Å². The van der Waals surface area contributed by atoms with E-state index in [0.29, 0.717) is 12.4 Å². The van der Waals surface area contributed by atoms with E-state index in [-0.39, 0.29) is 24.6 Å². The van der Waals surface area contributed by atoms with Gasteiger partial charge in [0, 0.05) is 42.9 Å². The van der Waals surface area contributed by atoms with Gasteiger partial charge in [-0.15, -0.1) is 0 Å². The third-order valence-electron chi connectivity index (χ3n) is 5.07. The van der Waals surface area contributed by atoms with Gasteiger partial charge in [0.25, 0.3) is 0 Å². The van der Waals surface area contributed by atoms with Gasteiger partial charge >= 0.3 is 0 Å². The van der Waals surface area contributed by atoms with Gasteiger partial charge in [-0.25, -0.2) is 18.2 Å². The molecule has 26 heavy (non-hydrogen) atoms. The maximum absolute atomic E-state index is 13.5. The standard InChI is InChI=1S/C20H20F3N3/c1-12-7-15(21)8-13(2)18(12)25-19-16-4-6-26(17(16)3-5-24-19)11-14-9-20(22,23)10-14/h3-8,14H,9-11H2,1-2H3,(H,24,25). The molecule has 3 nitrogen and oxygen atoms in total. The molecular formula is C20H20F3N3. The van der Waals surface area contributed by atoms with Crippen LogP contribution in [0, 0.1) is 25.6 Å². The predicted octanol–water partition coefficient (Wildman–Crippen LogP) is 5.58. The zero-order valence-corrected chi connectivity index (χ0v) is 14.7. The average Bonchev–Trinajstić information content (AvgIpc) is 2.93. The largest absolute Gasteiger partial charge is 0.347 e. The van der Waals surface area contributed by atoms with Crippen LogP contribution in [0.5, 0.6) is 0 Å². The first-order valence-electron chi connectivity index (χ1n) is 8.68. The molecule has 0 aliphatic heterocycles. The lowest BCUT2D eigenvalue weighted by Crippen LogP contribution is -2.37. The lowest BCUT2D eigenvalue weighted by molar-refractivity contribution is -0.113. The Bertz CT molecular complexity index is 947. The number of aryl methyl sites for hydroxylation is 2. The summed E-state index contributed by atoms with van der Waals surface area (Å²) in [5, 5.41) is 4.23. The maximum Gasteiger partial charge on any atom is 0.248 e. The van der Waals surface area contributed by atoms with E-state index in [0.717, 1.165) is 27.7 Å². The fraction of sp³-hybridized carbons (Fsp3) is 0.350. The molecule has 1 saturated carbocycles. The van der Waals surface area contributed by atoms with E-state index in [1.807, 2.05) is 36.7 Å². The molecule has 1 fully saturated rings. The van der Waals surface area contributed by atoms with Crippen LogP contribution in [0.1, 0.15) is 24.0 Å². The van der Waals surface area contributed by atoms with Crippen LogP contribution in [0.25, 0.3) is 10.9 Å². The van der Waals surface area contributed by atoms with Gasteiger partial charge in [0.15, 0.2) is 0 Å². The van der Waals surface area contributed by atoms with E-state index in [1.54, 1.807) is 6.20 Å². The van der Waals surface area contributed by atoms with Crippen molar-refractivity contribution in [1.29, 1.82) is 0 Å². The number of anilines is 2. The highest BCUT2D eigenvalue weighted by Crippen LogP contribution is 2.43. The fourth-order valence-electron chi connectivity index (χ4n) is 3.80. The third-order valence-corrected chi connectivity index (χ3v) is 5.07. The number of nitrogens with zero attached hydrogens (tertiary/aromatic N) is 2. The van der Waals surface area contributed by atoms with Crippen molar-refractivity contribution in [1.82, 2.24) is 9.55 Å². The van der Waals surface area contributed by atoms with Crippen molar-refractivity contribution in [3.63, 3.8) is 0 Å². The number of hydrogen-bond acceptors (Lipinski definition) is 2. The molecule has 4 rings (SSSR count). The number of hydrogen-bond donors (Lipinski definition) is 1. The summed E-state index contributed by atoms with van der Waals surface area (Å²) in [5.41, 5.74) is 3.39. The normalized spacial score (nSPS) is 16.7. The highest BCUT2D eigenvalue weighted by Gasteiger charge is 2.45. The maximum atomic E-state index is 13.5. The minimum atomic E-state index is -2.50. The Morgan fingerprint density at radius 3 is 2.54 bits per heavy atom. The molecule has 2 heterocycles. The first-order chi connectivity index (χ1) is 12.3. The molecule has 3 aromatic rings. The Balaban J connectivity index is 1.63. The minimum absolute atomic E-state index is 0.00626. The smallest absolute Gasteiger partial charge is 0.248 e. The molecule has 0 bridgehead atoms. The van der Waals surface area contributed by atoms with E-state index >= 15 is 0 Å². The Hall–Kier alpha value is -2.50. The first-order valence-corrected chi connectivity index (χ1v) is 8.68. The predicted molar refractivity (Wildman–Crippen MR) is 96.6 cm³/mol. The molecule has 0 unspecified atom stereocenters. The number of nitrogens with one attached hydrogen (secondary N) is 1. The monoisotopic (exact) mass is 359 g/mol. The summed E-state index contributed by atoms with van der Waals surface area (Å²) in [6, 6.07) is 6.80. The second-order valence-electron chi connectivity index (χ2n) is 7.23. The number of benzene rings is 1. The molecule has 6 heteroatoms. The SMILES string of the molecule is Cc1cc(F)cc(C)c1Nc1nccc2c1ccn2CC1CC(F)(F)C1. The van der Waals surface area contributed by atoms with Crippen LogP contribution < -0.4 is 5.32 Å². The van der Waals surface area contributed by atoms with Crippen molar-refractivity contribution in [3.05, 3.63) is 53.6 Å². The Morgan fingerprint density at radius 1 is 1.19 bits per heavy atom. The van der Waals surface area contributed by atoms with E-state index < -0.39 is 5.92 Å². The van der Waals surface area contributed by atoms with Crippen molar-refractivity contribution >= 4 is 22.4 Å². The summed E-state index contributed by atoms with van der Waals surface area (Å²) in [5.74, 6) is -2.08. The van der Waals surface area contributed by atoms with Crippen molar-refractivity contribution in [2.45, 2.75) is 39.2 Å². The van der Waals surface area contributed by atoms with Gasteiger partial charge in [0.2, 0.25) is 5.92 Å². The van der Waals surface area contributed by atoms with Gasteiger partial charge in [-0.1, -0.05) is 0 Å². The third kappa shape index (κ3) is 3.04. The summed E-state index contributed by atoms with van der Waals surface area (Å²) in [6.07, 6.45) is 3.52. The van der Waals surface area contributed by atoms with Gasteiger partial charge in [0.05, 0.1) is 5.52 Å². The minimum Gasteiger partial charge on any atom is -0.347 e. The van der Waals surface area contributed by atoms with Crippen LogP contribution in [-0.2, 0) is 6.54 Å². The van der Waals surface area contributed by atoms with E-state index in [9.17, 15) is 13.2 Å². The molecule has 0 atom stereocenters. The summed E-state index contributed by atoms with van der Waals surface area (Å²) in [7, 11) is 0. The molecule has 0 saturated heterocycles. The Kier molecular flexibility index (Phi) is 3.93. The number of aromatic nitrogens is 2. The van der Waals surface area contributed by atoms with Gasteiger partial charge in [-0.3, -0.25) is 0 Å². The highest BCUT2D eigenvalue weighted by atomic mass is 19.3. The average molecular weight is 359 g/mol. The van der Waals surface area contributed by atoms with Crippen LogP contribution in [0.3, 0.4) is 0 Å². The number of rotatable bonds is 4. The first kappa shape index (κ1) is 16.9. The molecule has 0 amide bonds. The lowest BCUT2D eigenvalue weighted by Gasteiger charge is -2.35. The molecule has 136 valence electrons. The summed E-state index contributed by atoms with van der Waals surface area (Å²) < 4.78 is 41.7. The van der Waals surface area contributed by atoms with E-state index in [4.69, 9.17) is 0 Å². The lowest BCUT2D eigenvalue weighted by atomic mass is 9.81. The van der Waals surface area contributed by atoms with Crippen molar-refractivity contribution in [3.8, 4) is 0 Å². The van der Waals surface area contributed by atoms with Gasteiger partial charge < -0.3 is 9.88 Å². The second-order valence-corrected chi connectivity index (χ2v) is 7.23. The molecular weight excluding hydrogens is 339 g/mol. The Morgan fingerprint density at radius 2 is 1.88 bits per heavy atom. The molecule has 1 N–H and O–H groups in total. The Labute approximate surface area is 149 Å². The second kappa shape index (κ2) is 6.04. The van der Waals surface area contributed by atoms with E-state index in [1.165, 1.54) is 12.1 Å². The molecule has 1 aromatic carbocycles. The molecule has 0 spiro atoms. The highest BCUT2D eigenvalue weighted by molar-refractivity contribution is 5.92. The zero-order valence-electron chi connectivity index (χ0n) is 14.7. The van der Waals surface area contributed by atoms with E-state index in [2.05, 4.69) is 10.3 Å². The van der Waals surface area contributed by atoms with Crippen LogP contribution in [0.4, 0.5) is 24.7 Å². The van der Waals surface area contributed by atoms with Gasteiger partial charge in [0.1, 0.15) is 11.6 Å². The van der Waals surface area contributed by atoms with Crippen LogP contribution >= 0.6 is 0 Å². The quantitative estimate of drug-likeness (QED) is 0.659. The number of pyridine rings is 1. The molecule has 0 radical (unpaired) electrons. The van der Waals surface area contributed by atoms with Crippen molar-refractivity contribution < 1.29 is 13.2 Å². The van der Waals surface area contributed by atoms with Crippen molar-refractivity contribution in [2.24, 2.45) is 5.92 Å². The molecule has 1 aliphatic carbocycles.